The minimum atomic E-state index is -0.531. The van der Waals surface area contributed by atoms with E-state index in [0.717, 1.165) is 24.0 Å². The fourth-order valence-electron chi connectivity index (χ4n) is 2.20. The van der Waals surface area contributed by atoms with Gasteiger partial charge in [-0.3, -0.25) is 0 Å². The van der Waals surface area contributed by atoms with Crippen LogP contribution in [0, 0.1) is 5.82 Å². The zero-order valence-electron chi connectivity index (χ0n) is 11.2. The Bertz CT molecular complexity index is 511. The number of alkyl carbamates (subject to hydrolysis) is 1. The number of ether oxygens (including phenoxy) is 1. The third-order valence-corrected chi connectivity index (χ3v) is 3.56. The molecule has 1 aliphatic carbocycles. The monoisotopic (exact) mass is 329 g/mol. The molecule has 1 aliphatic rings. The molecule has 1 amide bonds. The topological polar surface area (TPSA) is 38.3 Å². The molecule has 0 unspecified atom stereocenters. The second kappa shape index (κ2) is 5.12. The number of carbonyl (C=O) groups excluding carboxylic acids is 1. The molecule has 1 atom stereocenters. The van der Waals surface area contributed by atoms with E-state index < -0.39 is 11.7 Å². The Morgan fingerprint density at radius 2 is 2.16 bits per heavy atom. The minimum absolute atomic E-state index is 0.174. The molecule has 1 N–H and O–H groups in total. The van der Waals surface area contributed by atoms with E-state index in [0.29, 0.717) is 4.47 Å². The van der Waals surface area contributed by atoms with Crippen molar-refractivity contribution in [1.82, 2.24) is 5.32 Å². The molecule has 0 heterocycles. The first-order valence-electron chi connectivity index (χ1n) is 6.23. The quantitative estimate of drug-likeness (QED) is 0.842. The second-order valence-electron chi connectivity index (χ2n) is 5.70. The number of amides is 1. The average Bonchev–Trinajstić information content (AvgIpc) is 2.59. The van der Waals surface area contributed by atoms with Crippen molar-refractivity contribution < 1.29 is 13.9 Å². The van der Waals surface area contributed by atoms with Crippen molar-refractivity contribution in [3.63, 3.8) is 0 Å². The molecule has 1 aromatic carbocycles. The fourth-order valence-corrected chi connectivity index (χ4v) is 2.59. The van der Waals surface area contributed by atoms with Gasteiger partial charge in [0.1, 0.15) is 11.4 Å². The first-order chi connectivity index (χ1) is 8.76. The number of hydrogen-bond acceptors (Lipinski definition) is 2. The predicted molar refractivity (Wildman–Crippen MR) is 74.5 cm³/mol. The van der Waals surface area contributed by atoms with Crippen LogP contribution in [0.25, 0.3) is 0 Å². The Morgan fingerprint density at radius 1 is 1.47 bits per heavy atom. The van der Waals surface area contributed by atoms with Crippen LogP contribution in [0.1, 0.15) is 44.4 Å². The van der Waals surface area contributed by atoms with Crippen LogP contribution in [0.4, 0.5) is 9.18 Å². The Kier molecular flexibility index (Phi) is 3.85. The van der Waals surface area contributed by atoms with E-state index >= 15 is 0 Å². The van der Waals surface area contributed by atoms with E-state index in [4.69, 9.17) is 4.74 Å². The highest BCUT2D eigenvalue weighted by Crippen LogP contribution is 2.34. The van der Waals surface area contributed by atoms with E-state index in [1.54, 1.807) is 6.07 Å². The van der Waals surface area contributed by atoms with Gasteiger partial charge in [0.05, 0.1) is 10.5 Å². The predicted octanol–water partition coefficient (Wildman–Crippen LogP) is 4.10. The molecule has 0 spiro atoms. The number of benzene rings is 1. The van der Waals surface area contributed by atoms with Crippen LogP contribution in [0.2, 0.25) is 0 Å². The van der Waals surface area contributed by atoms with Gasteiger partial charge in [0, 0.05) is 0 Å². The van der Waals surface area contributed by atoms with Crippen molar-refractivity contribution in [3.05, 3.63) is 33.5 Å². The van der Waals surface area contributed by atoms with E-state index in [1.165, 1.54) is 6.07 Å². The van der Waals surface area contributed by atoms with E-state index in [-0.39, 0.29) is 11.9 Å². The fraction of sp³-hybridized carbons (Fsp3) is 0.500. The summed E-state index contributed by atoms with van der Waals surface area (Å²) in [5.41, 5.74) is 1.37. The molecule has 5 heteroatoms. The van der Waals surface area contributed by atoms with Gasteiger partial charge in [-0.25, -0.2) is 9.18 Å². The lowest BCUT2D eigenvalue weighted by Gasteiger charge is -2.22. The maximum atomic E-state index is 13.6. The zero-order chi connectivity index (χ0) is 14.2. The molecule has 0 fully saturated rings. The summed E-state index contributed by atoms with van der Waals surface area (Å²) in [4.78, 5) is 11.7. The van der Waals surface area contributed by atoms with Crippen LogP contribution in [0.15, 0.2) is 16.6 Å². The Balaban J connectivity index is 2.11. The average molecular weight is 330 g/mol. The van der Waals surface area contributed by atoms with E-state index in [1.807, 2.05) is 20.8 Å². The highest BCUT2D eigenvalue weighted by atomic mass is 79.9. The van der Waals surface area contributed by atoms with Crippen molar-refractivity contribution in [3.8, 4) is 0 Å². The van der Waals surface area contributed by atoms with Gasteiger partial charge in [0.25, 0.3) is 0 Å². The largest absolute Gasteiger partial charge is 0.444 e. The lowest BCUT2D eigenvalue weighted by Crippen LogP contribution is -2.34. The molecule has 104 valence electrons. The molecule has 0 saturated carbocycles. The number of rotatable bonds is 1. The summed E-state index contributed by atoms with van der Waals surface area (Å²) in [5.74, 6) is -0.309. The number of hydrogen-bond donors (Lipinski definition) is 1. The third kappa shape index (κ3) is 3.47. The van der Waals surface area contributed by atoms with Crippen molar-refractivity contribution >= 4 is 22.0 Å². The van der Waals surface area contributed by atoms with E-state index in [2.05, 4.69) is 21.2 Å². The van der Waals surface area contributed by atoms with Gasteiger partial charge in [-0.1, -0.05) is 0 Å². The summed E-state index contributed by atoms with van der Waals surface area (Å²) < 4.78 is 19.2. The third-order valence-electron chi connectivity index (χ3n) is 2.95. The van der Waals surface area contributed by atoms with Crippen LogP contribution < -0.4 is 5.32 Å². The Morgan fingerprint density at radius 3 is 2.79 bits per heavy atom. The number of halogens is 2. The molecule has 0 aromatic heterocycles. The Hall–Kier alpha value is -1.10. The summed E-state index contributed by atoms with van der Waals surface area (Å²) in [7, 11) is 0. The molecule has 0 radical (unpaired) electrons. The number of nitrogens with one attached hydrogen (secondary N) is 1. The first-order valence-corrected chi connectivity index (χ1v) is 7.03. The Labute approximate surface area is 120 Å². The zero-order valence-corrected chi connectivity index (χ0v) is 12.8. The maximum Gasteiger partial charge on any atom is 0.408 e. The van der Waals surface area contributed by atoms with Crippen molar-refractivity contribution in [2.75, 3.05) is 0 Å². The summed E-state index contributed by atoms with van der Waals surface area (Å²) >= 11 is 3.17. The number of carbonyl (C=O) groups is 1. The molecule has 2 rings (SSSR count). The van der Waals surface area contributed by atoms with Crippen LogP contribution in [-0.2, 0) is 11.2 Å². The van der Waals surface area contributed by atoms with Crippen molar-refractivity contribution in [2.45, 2.75) is 45.3 Å². The number of aryl methyl sites for hydroxylation is 1. The highest BCUT2D eigenvalue weighted by Gasteiger charge is 2.27. The first kappa shape index (κ1) is 14.3. The van der Waals surface area contributed by atoms with Crippen LogP contribution in [-0.4, -0.2) is 11.7 Å². The lowest BCUT2D eigenvalue weighted by atomic mass is 10.1. The van der Waals surface area contributed by atoms with Crippen LogP contribution in [0.3, 0.4) is 0 Å². The van der Waals surface area contributed by atoms with Crippen LogP contribution >= 0.6 is 15.9 Å². The summed E-state index contributed by atoms with van der Waals surface area (Å²) in [6.07, 6.45) is 1.13. The van der Waals surface area contributed by atoms with Gasteiger partial charge in [0.15, 0.2) is 0 Å². The number of fused-ring (bicyclic) bond motifs is 1. The normalized spacial score (nSPS) is 18.1. The molecular formula is C14H17BrFNO2. The molecule has 3 nitrogen and oxygen atoms in total. The maximum absolute atomic E-state index is 13.6. The van der Waals surface area contributed by atoms with Crippen LogP contribution in [0.5, 0.6) is 0 Å². The summed E-state index contributed by atoms with van der Waals surface area (Å²) in [6.45, 7) is 5.43. The standard InChI is InChI=1S/C14H17BrFNO2/c1-14(2,3)19-13(18)17-12-5-4-8-6-10(15)11(16)7-9(8)12/h6-7,12H,4-5H2,1-3H3,(H,17,18)/t12-/m1/s1. The molecule has 0 saturated heterocycles. The lowest BCUT2D eigenvalue weighted by molar-refractivity contribution is 0.0503. The molecule has 0 aliphatic heterocycles. The van der Waals surface area contributed by atoms with Crippen molar-refractivity contribution in [2.24, 2.45) is 0 Å². The summed E-state index contributed by atoms with van der Waals surface area (Å²) in [6, 6.07) is 3.09. The molecule has 0 bridgehead atoms. The van der Waals surface area contributed by atoms with Gasteiger partial charge in [0.2, 0.25) is 0 Å². The second-order valence-corrected chi connectivity index (χ2v) is 6.56. The minimum Gasteiger partial charge on any atom is -0.444 e. The van der Waals surface area contributed by atoms with Gasteiger partial charge in [-0.2, -0.15) is 0 Å². The van der Waals surface area contributed by atoms with Gasteiger partial charge >= 0.3 is 6.09 Å². The van der Waals surface area contributed by atoms with Crippen molar-refractivity contribution in [1.29, 1.82) is 0 Å². The molecule has 19 heavy (non-hydrogen) atoms. The molecule has 1 aromatic rings. The smallest absolute Gasteiger partial charge is 0.408 e. The van der Waals surface area contributed by atoms with E-state index in [9.17, 15) is 9.18 Å². The van der Waals surface area contributed by atoms with Gasteiger partial charge < -0.3 is 10.1 Å². The summed E-state index contributed by atoms with van der Waals surface area (Å²) in [5, 5.41) is 2.80. The molecular weight excluding hydrogens is 313 g/mol. The SMILES string of the molecule is CC(C)(C)OC(=O)N[C@@H]1CCc2cc(Br)c(F)cc21. The highest BCUT2D eigenvalue weighted by molar-refractivity contribution is 9.10. The van der Waals surface area contributed by atoms with Gasteiger partial charge in [-0.15, -0.1) is 0 Å². The van der Waals surface area contributed by atoms with Gasteiger partial charge in [-0.05, 0) is 72.8 Å².